The molecule has 0 spiro atoms. The van der Waals surface area contributed by atoms with Crippen molar-refractivity contribution in [1.82, 2.24) is 10.3 Å². The summed E-state index contributed by atoms with van der Waals surface area (Å²) in [5.74, 6) is 0.106. The topological polar surface area (TPSA) is 42.0 Å². The van der Waals surface area contributed by atoms with Crippen LogP contribution < -0.4 is 5.32 Å². The Labute approximate surface area is 130 Å². The fourth-order valence-electron chi connectivity index (χ4n) is 2.02. The number of amides is 1. The highest BCUT2D eigenvalue weighted by Gasteiger charge is 2.09. The molecular formula is C17H22N2OS. The summed E-state index contributed by atoms with van der Waals surface area (Å²) in [6.45, 7) is 6.17. The minimum atomic E-state index is 0.106. The van der Waals surface area contributed by atoms with E-state index in [4.69, 9.17) is 0 Å². The Morgan fingerprint density at radius 3 is 2.95 bits per heavy atom. The Kier molecular flexibility index (Phi) is 5.51. The first kappa shape index (κ1) is 15.7. The molecule has 112 valence electrons. The van der Waals surface area contributed by atoms with Crippen LogP contribution in [-0.2, 0) is 11.2 Å². The zero-order valence-corrected chi connectivity index (χ0v) is 13.7. The van der Waals surface area contributed by atoms with Crippen LogP contribution in [0.4, 0.5) is 0 Å². The number of carbonyl (C=O) groups excluding carboxylic acids is 1. The molecular weight excluding hydrogens is 280 g/mol. The molecule has 3 nitrogen and oxygen atoms in total. The molecule has 0 aliphatic heterocycles. The number of carbonyl (C=O) groups is 1. The molecule has 0 saturated heterocycles. The number of hydrogen-bond donors (Lipinski definition) is 1. The van der Waals surface area contributed by atoms with Crippen molar-refractivity contribution in [1.29, 1.82) is 0 Å². The van der Waals surface area contributed by atoms with Crippen molar-refractivity contribution in [3.8, 4) is 10.6 Å². The van der Waals surface area contributed by atoms with Gasteiger partial charge in [-0.2, -0.15) is 0 Å². The third-order valence-electron chi connectivity index (χ3n) is 3.44. The summed E-state index contributed by atoms with van der Waals surface area (Å²) < 4.78 is 0. The second kappa shape index (κ2) is 7.36. The predicted octanol–water partition coefficient (Wildman–Crippen LogP) is 3.97. The number of aryl methyl sites for hydroxylation is 2. The summed E-state index contributed by atoms with van der Waals surface area (Å²) in [5, 5.41) is 6.06. The molecule has 0 radical (unpaired) electrons. The van der Waals surface area contributed by atoms with E-state index in [0.717, 1.165) is 22.7 Å². The van der Waals surface area contributed by atoms with Crippen LogP contribution in [-0.4, -0.2) is 16.9 Å². The standard InChI is InChI=1S/C17H22N2OS/c1-4-13(3)18-16(20)9-8-15-11-21-17(19-15)14-7-5-6-12(2)10-14/h5-7,10-11,13H,4,8-9H2,1-3H3,(H,18,20). The number of thiazole rings is 1. The minimum Gasteiger partial charge on any atom is -0.354 e. The number of aromatic nitrogens is 1. The average molecular weight is 302 g/mol. The van der Waals surface area contributed by atoms with Gasteiger partial charge >= 0.3 is 0 Å². The molecule has 21 heavy (non-hydrogen) atoms. The van der Waals surface area contributed by atoms with Crippen molar-refractivity contribution in [2.24, 2.45) is 0 Å². The average Bonchev–Trinajstić information content (AvgIpc) is 2.94. The van der Waals surface area contributed by atoms with Gasteiger partial charge in [0.15, 0.2) is 0 Å². The largest absolute Gasteiger partial charge is 0.354 e. The summed E-state index contributed by atoms with van der Waals surface area (Å²) in [6, 6.07) is 8.59. The van der Waals surface area contributed by atoms with Gasteiger partial charge < -0.3 is 5.32 Å². The van der Waals surface area contributed by atoms with Gasteiger partial charge in [0.2, 0.25) is 5.91 Å². The van der Waals surface area contributed by atoms with Crippen molar-refractivity contribution >= 4 is 17.2 Å². The summed E-state index contributed by atoms with van der Waals surface area (Å²) in [6.07, 6.45) is 2.16. The number of benzene rings is 1. The highest BCUT2D eigenvalue weighted by atomic mass is 32.1. The van der Waals surface area contributed by atoms with E-state index in [2.05, 4.69) is 42.3 Å². The monoisotopic (exact) mass is 302 g/mol. The number of hydrogen-bond acceptors (Lipinski definition) is 3. The van der Waals surface area contributed by atoms with Crippen LogP contribution in [0.5, 0.6) is 0 Å². The molecule has 0 aliphatic rings. The Morgan fingerprint density at radius 2 is 2.24 bits per heavy atom. The molecule has 1 aromatic carbocycles. The van der Waals surface area contributed by atoms with Gasteiger partial charge in [0, 0.05) is 23.4 Å². The Morgan fingerprint density at radius 1 is 1.43 bits per heavy atom. The molecule has 0 aliphatic carbocycles. The SMILES string of the molecule is CCC(C)NC(=O)CCc1csc(-c2cccc(C)c2)n1. The van der Waals surface area contributed by atoms with Gasteiger partial charge in [0.05, 0.1) is 5.69 Å². The van der Waals surface area contributed by atoms with E-state index in [9.17, 15) is 4.79 Å². The van der Waals surface area contributed by atoms with Gasteiger partial charge in [-0.15, -0.1) is 11.3 Å². The van der Waals surface area contributed by atoms with Gasteiger partial charge in [-0.05, 0) is 32.8 Å². The van der Waals surface area contributed by atoms with Crippen LogP contribution in [0.2, 0.25) is 0 Å². The van der Waals surface area contributed by atoms with Crippen molar-refractivity contribution in [2.45, 2.75) is 46.1 Å². The van der Waals surface area contributed by atoms with Gasteiger partial charge in [0.1, 0.15) is 5.01 Å². The first-order valence-electron chi connectivity index (χ1n) is 7.39. The Hall–Kier alpha value is -1.68. The van der Waals surface area contributed by atoms with E-state index in [1.807, 2.05) is 18.4 Å². The minimum absolute atomic E-state index is 0.106. The lowest BCUT2D eigenvalue weighted by atomic mass is 10.1. The summed E-state index contributed by atoms with van der Waals surface area (Å²) >= 11 is 1.64. The van der Waals surface area contributed by atoms with Crippen LogP contribution >= 0.6 is 11.3 Å². The number of nitrogens with one attached hydrogen (secondary N) is 1. The molecule has 1 unspecified atom stereocenters. The second-order valence-electron chi connectivity index (χ2n) is 5.39. The lowest BCUT2D eigenvalue weighted by Gasteiger charge is -2.10. The van der Waals surface area contributed by atoms with Crippen molar-refractivity contribution in [3.63, 3.8) is 0 Å². The Bertz CT molecular complexity index is 606. The molecule has 4 heteroatoms. The molecule has 1 atom stereocenters. The maximum Gasteiger partial charge on any atom is 0.220 e. The lowest BCUT2D eigenvalue weighted by molar-refractivity contribution is -0.121. The molecule has 0 fully saturated rings. The number of rotatable bonds is 6. The maximum absolute atomic E-state index is 11.8. The normalized spacial score (nSPS) is 12.1. The zero-order valence-electron chi connectivity index (χ0n) is 12.8. The van der Waals surface area contributed by atoms with Crippen LogP contribution in [0, 0.1) is 6.92 Å². The smallest absolute Gasteiger partial charge is 0.220 e. The molecule has 2 aromatic rings. The van der Waals surface area contributed by atoms with Crippen molar-refractivity contribution in [3.05, 3.63) is 40.9 Å². The molecule has 1 heterocycles. The molecule has 1 N–H and O–H groups in total. The quantitative estimate of drug-likeness (QED) is 0.877. The Balaban J connectivity index is 1.93. The third kappa shape index (κ3) is 4.67. The van der Waals surface area contributed by atoms with Gasteiger partial charge in [-0.1, -0.05) is 30.7 Å². The summed E-state index contributed by atoms with van der Waals surface area (Å²) in [5.41, 5.74) is 3.38. The van der Waals surface area contributed by atoms with Crippen LogP contribution in [0.3, 0.4) is 0 Å². The van der Waals surface area contributed by atoms with Crippen LogP contribution in [0.1, 0.15) is 37.9 Å². The third-order valence-corrected chi connectivity index (χ3v) is 4.38. The second-order valence-corrected chi connectivity index (χ2v) is 6.25. The van der Waals surface area contributed by atoms with Crippen LogP contribution in [0.15, 0.2) is 29.6 Å². The van der Waals surface area contributed by atoms with Gasteiger partial charge in [-0.25, -0.2) is 4.98 Å². The van der Waals surface area contributed by atoms with E-state index in [-0.39, 0.29) is 11.9 Å². The van der Waals surface area contributed by atoms with Crippen molar-refractivity contribution in [2.75, 3.05) is 0 Å². The molecule has 2 rings (SSSR count). The van der Waals surface area contributed by atoms with E-state index >= 15 is 0 Å². The fraction of sp³-hybridized carbons (Fsp3) is 0.412. The van der Waals surface area contributed by atoms with Gasteiger partial charge in [-0.3, -0.25) is 4.79 Å². The zero-order chi connectivity index (χ0) is 15.2. The van der Waals surface area contributed by atoms with E-state index in [1.165, 1.54) is 5.56 Å². The predicted molar refractivity (Wildman–Crippen MR) is 88.5 cm³/mol. The summed E-state index contributed by atoms with van der Waals surface area (Å²) in [7, 11) is 0. The summed E-state index contributed by atoms with van der Waals surface area (Å²) in [4.78, 5) is 16.4. The van der Waals surface area contributed by atoms with Crippen LogP contribution in [0.25, 0.3) is 10.6 Å². The van der Waals surface area contributed by atoms with E-state index in [1.54, 1.807) is 11.3 Å². The molecule has 0 bridgehead atoms. The molecule has 1 aromatic heterocycles. The fourth-order valence-corrected chi connectivity index (χ4v) is 2.87. The highest BCUT2D eigenvalue weighted by molar-refractivity contribution is 7.13. The number of nitrogens with zero attached hydrogens (tertiary/aromatic N) is 1. The molecule has 1 amide bonds. The first-order chi connectivity index (χ1) is 10.1. The maximum atomic E-state index is 11.8. The van der Waals surface area contributed by atoms with E-state index in [0.29, 0.717) is 12.8 Å². The van der Waals surface area contributed by atoms with Gasteiger partial charge in [0.25, 0.3) is 0 Å². The molecule has 0 saturated carbocycles. The highest BCUT2D eigenvalue weighted by Crippen LogP contribution is 2.24. The first-order valence-corrected chi connectivity index (χ1v) is 8.27. The van der Waals surface area contributed by atoms with Crippen molar-refractivity contribution < 1.29 is 4.79 Å². The lowest BCUT2D eigenvalue weighted by Crippen LogP contribution is -2.32. The van der Waals surface area contributed by atoms with E-state index < -0.39 is 0 Å².